The Kier molecular flexibility index (Phi) is 3.60. The molecular formula is C15H19N3O. The number of hydrogen-bond donors (Lipinski definition) is 1. The zero-order chi connectivity index (χ0) is 13.1. The molecule has 19 heavy (non-hydrogen) atoms. The lowest BCUT2D eigenvalue weighted by Gasteiger charge is -2.03. The highest BCUT2D eigenvalue weighted by Gasteiger charge is 2.16. The molecule has 1 unspecified atom stereocenters. The summed E-state index contributed by atoms with van der Waals surface area (Å²) in [4.78, 5) is 4.48. The molecule has 0 radical (unpaired) electrons. The Labute approximate surface area is 113 Å². The number of aromatic nitrogens is 2. The molecule has 0 bridgehead atoms. The summed E-state index contributed by atoms with van der Waals surface area (Å²) < 4.78 is 5.34. The summed E-state index contributed by atoms with van der Waals surface area (Å²) >= 11 is 0. The van der Waals surface area contributed by atoms with E-state index in [1.807, 2.05) is 12.1 Å². The Morgan fingerprint density at radius 3 is 3.16 bits per heavy atom. The highest BCUT2D eigenvalue weighted by atomic mass is 16.5. The third-order valence-corrected chi connectivity index (χ3v) is 3.67. The number of benzene rings is 1. The molecule has 1 fully saturated rings. The third kappa shape index (κ3) is 3.01. The van der Waals surface area contributed by atoms with Crippen LogP contribution >= 0.6 is 0 Å². The second-order valence-corrected chi connectivity index (χ2v) is 5.28. The van der Waals surface area contributed by atoms with Gasteiger partial charge in [-0.25, -0.2) is 0 Å². The average Bonchev–Trinajstić information content (AvgIpc) is 3.08. The highest BCUT2D eigenvalue weighted by molar-refractivity contribution is 5.55. The van der Waals surface area contributed by atoms with Crippen LogP contribution < -0.4 is 5.32 Å². The van der Waals surface area contributed by atoms with E-state index < -0.39 is 0 Å². The van der Waals surface area contributed by atoms with Crippen LogP contribution in [0.5, 0.6) is 0 Å². The van der Waals surface area contributed by atoms with Gasteiger partial charge in [0.25, 0.3) is 0 Å². The summed E-state index contributed by atoms with van der Waals surface area (Å²) in [6.45, 7) is 4.33. The van der Waals surface area contributed by atoms with E-state index in [-0.39, 0.29) is 0 Å². The molecule has 3 rings (SSSR count). The van der Waals surface area contributed by atoms with E-state index in [0.29, 0.717) is 5.82 Å². The van der Waals surface area contributed by atoms with Gasteiger partial charge in [-0.2, -0.15) is 4.98 Å². The molecule has 0 saturated carbocycles. The fourth-order valence-electron chi connectivity index (χ4n) is 2.55. The summed E-state index contributed by atoms with van der Waals surface area (Å²) in [5.41, 5.74) is 2.23. The van der Waals surface area contributed by atoms with E-state index >= 15 is 0 Å². The van der Waals surface area contributed by atoms with E-state index in [1.165, 1.54) is 12.0 Å². The van der Waals surface area contributed by atoms with Crippen molar-refractivity contribution in [1.29, 1.82) is 0 Å². The van der Waals surface area contributed by atoms with Gasteiger partial charge in [-0.15, -0.1) is 0 Å². The summed E-state index contributed by atoms with van der Waals surface area (Å²) in [5.74, 6) is 2.21. The van der Waals surface area contributed by atoms with Gasteiger partial charge in [0.2, 0.25) is 11.7 Å². The molecular weight excluding hydrogens is 238 g/mol. The standard InChI is InChI=1S/C15H19N3O/c1-11-3-2-4-13(9-11)15-17-14(19-18-15)6-5-12-7-8-16-10-12/h2-4,9,12,16H,5-8,10H2,1H3. The SMILES string of the molecule is Cc1cccc(-c2noc(CCC3CCNC3)n2)c1. The molecule has 0 amide bonds. The van der Waals surface area contributed by atoms with E-state index in [2.05, 4.69) is 34.5 Å². The maximum absolute atomic E-state index is 5.34. The molecule has 4 heteroatoms. The molecule has 0 aliphatic carbocycles. The van der Waals surface area contributed by atoms with Gasteiger partial charge in [-0.3, -0.25) is 0 Å². The van der Waals surface area contributed by atoms with E-state index in [0.717, 1.165) is 43.3 Å². The fraction of sp³-hybridized carbons (Fsp3) is 0.467. The first-order chi connectivity index (χ1) is 9.31. The van der Waals surface area contributed by atoms with Crippen LogP contribution in [0.25, 0.3) is 11.4 Å². The smallest absolute Gasteiger partial charge is 0.226 e. The van der Waals surface area contributed by atoms with Crippen LogP contribution in [0.4, 0.5) is 0 Å². The number of nitrogens with zero attached hydrogens (tertiary/aromatic N) is 2. The molecule has 1 aromatic carbocycles. The molecule has 2 heterocycles. The van der Waals surface area contributed by atoms with Crippen LogP contribution in [-0.2, 0) is 6.42 Å². The first kappa shape index (κ1) is 12.4. The minimum Gasteiger partial charge on any atom is -0.339 e. The maximum Gasteiger partial charge on any atom is 0.226 e. The van der Waals surface area contributed by atoms with Crippen LogP contribution in [0.15, 0.2) is 28.8 Å². The van der Waals surface area contributed by atoms with Crippen molar-refractivity contribution < 1.29 is 4.52 Å². The Balaban J connectivity index is 1.65. The zero-order valence-electron chi connectivity index (χ0n) is 11.2. The topological polar surface area (TPSA) is 51.0 Å². The molecule has 1 N–H and O–H groups in total. The summed E-state index contributed by atoms with van der Waals surface area (Å²) in [5, 5.41) is 7.45. The molecule has 100 valence electrons. The first-order valence-corrected chi connectivity index (χ1v) is 6.91. The van der Waals surface area contributed by atoms with Gasteiger partial charge >= 0.3 is 0 Å². The Morgan fingerprint density at radius 2 is 2.37 bits per heavy atom. The average molecular weight is 257 g/mol. The van der Waals surface area contributed by atoms with Crippen LogP contribution in [0.2, 0.25) is 0 Å². The summed E-state index contributed by atoms with van der Waals surface area (Å²) in [6.07, 6.45) is 3.27. The van der Waals surface area contributed by atoms with Crippen molar-refractivity contribution in [3.8, 4) is 11.4 Å². The summed E-state index contributed by atoms with van der Waals surface area (Å²) in [7, 11) is 0. The Hall–Kier alpha value is -1.68. The Morgan fingerprint density at radius 1 is 1.42 bits per heavy atom. The highest BCUT2D eigenvalue weighted by Crippen LogP contribution is 2.19. The van der Waals surface area contributed by atoms with Crippen LogP contribution in [0.3, 0.4) is 0 Å². The Bertz CT molecular complexity index is 544. The van der Waals surface area contributed by atoms with E-state index in [1.54, 1.807) is 0 Å². The second-order valence-electron chi connectivity index (χ2n) is 5.28. The number of nitrogens with one attached hydrogen (secondary N) is 1. The van der Waals surface area contributed by atoms with Crippen molar-refractivity contribution in [3.05, 3.63) is 35.7 Å². The van der Waals surface area contributed by atoms with Gasteiger partial charge in [-0.1, -0.05) is 28.9 Å². The molecule has 1 saturated heterocycles. The van der Waals surface area contributed by atoms with Crippen molar-refractivity contribution >= 4 is 0 Å². The number of aryl methyl sites for hydroxylation is 2. The van der Waals surface area contributed by atoms with Gasteiger partial charge in [0, 0.05) is 12.0 Å². The van der Waals surface area contributed by atoms with E-state index in [9.17, 15) is 0 Å². The van der Waals surface area contributed by atoms with Crippen molar-refractivity contribution in [2.75, 3.05) is 13.1 Å². The summed E-state index contributed by atoms with van der Waals surface area (Å²) in [6, 6.07) is 8.18. The molecule has 1 atom stereocenters. The van der Waals surface area contributed by atoms with Gasteiger partial charge in [-0.05, 0) is 44.8 Å². The van der Waals surface area contributed by atoms with Crippen LogP contribution in [0, 0.1) is 12.8 Å². The van der Waals surface area contributed by atoms with Gasteiger partial charge in [0.1, 0.15) is 0 Å². The zero-order valence-corrected chi connectivity index (χ0v) is 11.2. The van der Waals surface area contributed by atoms with Gasteiger partial charge in [0.15, 0.2) is 0 Å². The lowest BCUT2D eigenvalue weighted by atomic mass is 10.0. The van der Waals surface area contributed by atoms with Gasteiger partial charge in [0.05, 0.1) is 0 Å². The predicted molar refractivity (Wildman–Crippen MR) is 73.8 cm³/mol. The minimum absolute atomic E-state index is 0.697. The monoisotopic (exact) mass is 257 g/mol. The normalized spacial score (nSPS) is 18.9. The second kappa shape index (κ2) is 5.53. The van der Waals surface area contributed by atoms with Crippen molar-refractivity contribution in [2.45, 2.75) is 26.2 Å². The van der Waals surface area contributed by atoms with Gasteiger partial charge < -0.3 is 9.84 Å². The van der Waals surface area contributed by atoms with Crippen molar-refractivity contribution in [2.24, 2.45) is 5.92 Å². The molecule has 4 nitrogen and oxygen atoms in total. The third-order valence-electron chi connectivity index (χ3n) is 3.67. The number of hydrogen-bond acceptors (Lipinski definition) is 4. The van der Waals surface area contributed by atoms with Crippen LogP contribution in [-0.4, -0.2) is 23.2 Å². The lowest BCUT2D eigenvalue weighted by Crippen LogP contribution is -2.09. The largest absolute Gasteiger partial charge is 0.339 e. The molecule has 0 spiro atoms. The van der Waals surface area contributed by atoms with Crippen LogP contribution in [0.1, 0.15) is 24.3 Å². The van der Waals surface area contributed by atoms with Crippen molar-refractivity contribution in [3.63, 3.8) is 0 Å². The minimum atomic E-state index is 0.697. The quantitative estimate of drug-likeness (QED) is 0.914. The maximum atomic E-state index is 5.34. The fourth-order valence-corrected chi connectivity index (χ4v) is 2.55. The molecule has 1 aliphatic rings. The predicted octanol–water partition coefficient (Wildman–Crippen LogP) is 2.59. The molecule has 1 aromatic heterocycles. The molecule has 2 aromatic rings. The van der Waals surface area contributed by atoms with E-state index in [4.69, 9.17) is 4.52 Å². The lowest BCUT2D eigenvalue weighted by molar-refractivity contribution is 0.365. The van der Waals surface area contributed by atoms with Crippen molar-refractivity contribution in [1.82, 2.24) is 15.5 Å². The number of rotatable bonds is 4. The first-order valence-electron chi connectivity index (χ1n) is 6.91. The molecule has 1 aliphatic heterocycles.